The Kier molecular flexibility index (Phi) is 4.61. The van der Waals surface area contributed by atoms with Gasteiger partial charge in [0.25, 0.3) is 0 Å². The van der Waals surface area contributed by atoms with Crippen molar-refractivity contribution in [3.8, 4) is 0 Å². The van der Waals surface area contributed by atoms with E-state index in [0.717, 1.165) is 16.9 Å². The van der Waals surface area contributed by atoms with Crippen LogP contribution in [0.3, 0.4) is 0 Å². The molecule has 0 saturated heterocycles. The van der Waals surface area contributed by atoms with Crippen LogP contribution in [0, 0.1) is 24.2 Å². The first-order valence-corrected chi connectivity index (χ1v) is 7.98. The molecule has 4 nitrogen and oxygen atoms in total. The first-order chi connectivity index (χ1) is 9.82. The fourth-order valence-electron chi connectivity index (χ4n) is 2.94. The zero-order chi connectivity index (χ0) is 15.6. The first-order valence-electron chi connectivity index (χ1n) is 7.10. The molecule has 0 amide bonds. The predicted molar refractivity (Wildman–Crippen MR) is 83.4 cm³/mol. The Morgan fingerprint density at radius 2 is 2.24 bits per heavy atom. The number of carbonyl (C=O) groups excluding carboxylic acids is 2. The van der Waals surface area contributed by atoms with Crippen LogP contribution in [-0.2, 0) is 14.4 Å². The van der Waals surface area contributed by atoms with Crippen LogP contribution in [0.25, 0.3) is 0 Å². The lowest BCUT2D eigenvalue weighted by atomic mass is 9.53. The zero-order valence-corrected chi connectivity index (χ0v) is 13.7. The second kappa shape index (κ2) is 6.10. The summed E-state index contributed by atoms with van der Waals surface area (Å²) in [5.41, 5.74) is 0.989. The Morgan fingerprint density at radius 1 is 1.52 bits per heavy atom. The third kappa shape index (κ3) is 3.40. The van der Waals surface area contributed by atoms with Crippen molar-refractivity contribution >= 4 is 29.3 Å². The summed E-state index contributed by atoms with van der Waals surface area (Å²) in [5, 5.41) is 5.73. The molecule has 0 unspecified atom stereocenters. The van der Waals surface area contributed by atoms with Gasteiger partial charge in [0.15, 0.2) is 0 Å². The highest BCUT2D eigenvalue weighted by Crippen LogP contribution is 2.53. The van der Waals surface area contributed by atoms with Gasteiger partial charge < -0.3 is 4.84 Å². The van der Waals surface area contributed by atoms with Crippen molar-refractivity contribution in [1.82, 2.24) is 0 Å². The average molecular weight is 307 g/mol. The molecule has 1 aromatic rings. The topological polar surface area (TPSA) is 55.7 Å². The van der Waals surface area contributed by atoms with E-state index in [9.17, 15) is 9.59 Å². The van der Waals surface area contributed by atoms with Crippen LogP contribution < -0.4 is 0 Å². The lowest BCUT2D eigenvalue weighted by Gasteiger charge is -2.50. The quantitative estimate of drug-likeness (QED) is 0.474. The Balaban J connectivity index is 1.82. The van der Waals surface area contributed by atoms with Crippen molar-refractivity contribution in [2.24, 2.45) is 22.4 Å². The van der Waals surface area contributed by atoms with E-state index >= 15 is 0 Å². The van der Waals surface area contributed by atoms with Crippen LogP contribution in [0.2, 0.25) is 0 Å². The molecule has 0 N–H and O–H groups in total. The van der Waals surface area contributed by atoms with Gasteiger partial charge in [0.1, 0.15) is 5.78 Å². The number of thiophene rings is 1. The number of nitrogens with zero attached hydrogens (tertiary/aromatic N) is 1. The maximum Gasteiger partial charge on any atom is 0.335 e. The van der Waals surface area contributed by atoms with E-state index in [-0.39, 0.29) is 29.0 Å². The van der Waals surface area contributed by atoms with Gasteiger partial charge >= 0.3 is 5.97 Å². The van der Waals surface area contributed by atoms with E-state index in [1.54, 1.807) is 24.5 Å². The fourth-order valence-corrected chi connectivity index (χ4v) is 3.72. The van der Waals surface area contributed by atoms with Crippen LogP contribution in [0.4, 0.5) is 0 Å². The summed E-state index contributed by atoms with van der Waals surface area (Å²) in [6.07, 6.45) is 2.66. The third-order valence-electron chi connectivity index (χ3n) is 4.60. The van der Waals surface area contributed by atoms with Crippen molar-refractivity contribution < 1.29 is 14.4 Å². The van der Waals surface area contributed by atoms with E-state index in [4.69, 9.17) is 4.84 Å². The van der Waals surface area contributed by atoms with E-state index in [1.807, 2.05) is 32.2 Å². The second-order valence-electron chi connectivity index (χ2n) is 6.29. The van der Waals surface area contributed by atoms with E-state index in [0.29, 0.717) is 6.42 Å². The Morgan fingerprint density at radius 3 is 2.76 bits per heavy atom. The van der Waals surface area contributed by atoms with Gasteiger partial charge in [0, 0.05) is 5.92 Å². The van der Waals surface area contributed by atoms with Gasteiger partial charge in [-0.1, -0.05) is 19.0 Å². The van der Waals surface area contributed by atoms with E-state index < -0.39 is 0 Å². The number of rotatable bonds is 5. The van der Waals surface area contributed by atoms with Crippen LogP contribution in [-0.4, -0.2) is 18.0 Å². The number of ketones is 1. The van der Waals surface area contributed by atoms with Gasteiger partial charge in [-0.15, -0.1) is 11.3 Å². The Labute approximate surface area is 129 Å². The molecule has 2 atom stereocenters. The molecule has 21 heavy (non-hydrogen) atoms. The summed E-state index contributed by atoms with van der Waals surface area (Å²) in [5.74, 6) is 0.126. The van der Waals surface area contributed by atoms with E-state index in [1.165, 1.54) is 0 Å². The molecular formula is C16H21NO3S. The molecule has 1 heterocycles. The van der Waals surface area contributed by atoms with Crippen LogP contribution in [0.1, 0.15) is 44.1 Å². The molecule has 0 bridgehead atoms. The molecule has 0 spiro atoms. The monoisotopic (exact) mass is 307 g/mol. The molecule has 1 aliphatic rings. The van der Waals surface area contributed by atoms with Crippen molar-refractivity contribution in [3.63, 3.8) is 0 Å². The van der Waals surface area contributed by atoms with Crippen molar-refractivity contribution in [2.45, 2.75) is 40.5 Å². The number of hydrogen-bond acceptors (Lipinski definition) is 5. The number of carbonyl (C=O) groups is 2. The van der Waals surface area contributed by atoms with Gasteiger partial charge in [0.05, 0.1) is 17.5 Å². The van der Waals surface area contributed by atoms with Crippen LogP contribution in [0.5, 0.6) is 0 Å². The molecule has 1 aromatic heterocycles. The lowest BCUT2D eigenvalue weighted by Crippen LogP contribution is -2.48. The standard InChI is InChI=1S/C16H21NO3S/c1-10-5-6-21-14(10)9-17-20-15(19)8-12-7-13(11(2)18)16(12,3)4/h5-6,9,12-13H,7-8H2,1-4H3/t12-,13+/m0/s1. The number of Topliss-reactive ketones (excluding diaryl/α,β-unsaturated/α-hetero) is 1. The maximum absolute atomic E-state index is 11.8. The molecule has 114 valence electrons. The molecule has 0 radical (unpaired) electrons. The lowest BCUT2D eigenvalue weighted by molar-refractivity contribution is -0.153. The highest BCUT2D eigenvalue weighted by Gasteiger charge is 2.50. The highest BCUT2D eigenvalue weighted by molar-refractivity contribution is 7.11. The largest absolute Gasteiger partial charge is 0.335 e. The second-order valence-corrected chi connectivity index (χ2v) is 7.23. The minimum atomic E-state index is -0.333. The minimum absolute atomic E-state index is 0.0626. The minimum Gasteiger partial charge on any atom is -0.318 e. The van der Waals surface area contributed by atoms with Gasteiger partial charge in [-0.2, -0.15) is 0 Å². The van der Waals surface area contributed by atoms with Gasteiger partial charge in [-0.25, -0.2) is 4.79 Å². The molecule has 0 aliphatic heterocycles. The fraction of sp³-hybridized carbons (Fsp3) is 0.562. The number of oxime groups is 1. The molecule has 5 heteroatoms. The van der Waals surface area contributed by atoms with Crippen molar-refractivity contribution in [3.05, 3.63) is 21.9 Å². The summed E-state index contributed by atoms with van der Waals surface area (Å²) in [4.78, 5) is 29.2. The SMILES string of the molecule is CC(=O)[C@H]1C[C@@H](CC(=O)ON=Cc2sccc2C)C1(C)C. The molecule has 0 aromatic carbocycles. The summed E-state index contributed by atoms with van der Waals surface area (Å²) in [7, 11) is 0. The summed E-state index contributed by atoms with van der Waals surface area (Å²) in [6, 6.07) is 1.99. The van der Waals surface area contributed by atoms with Gasteiger partial charge in [-0.3, -0.25) is 4.79 Å². The molecular weight excluding hydrogens is 286 g/mol. The zero-order valence-electron chi connectivity index (χ0n) is 12.9. The molecule has 1 saturated carbocycles. The first kappa shape index (κ1) is 15.9. The molecule has 1 aliphatic carbocycles. The van der Waals surface area contributed by atoms with Gasteiger partial charge in [0.2, 0.25) is 0 Å². The van der Waals surface area contributed by atoms with Crippen molar-refractivity contribution in [1.29, 1.82) is 0 Å². The van der Waals surface area contributed by atoms with Crippen LogP contribution in [0.15, 0.2) is 16.6 Å². The average Bonchev–Trinajstić information content (AvgIpc) is 2.79. The highest BCUT2D eigenvalue weighted by atomic mass is 32.1. The summed E-state index contributed by atoms with van der Waals surface area (Å²) < 4.78 is 0. The molecule has 2 rings (SSSR count). The maximum atomic E-state index is 11.8. The Hall–Kier alpha value is -1.49. The van der Waals surface area contributed by atoms with Crippen LogP contribution >= 0.6 is 11.3 Å². The van der Waals surface area contributed by atoms with E-state index in [2.05, 4.69) is 5.16 Å². The predicted octanol–water partition coefficient (Wildman–Crippen LogP) is 3.58. The normalized spacial score (nSPS) is 23.8. The number of aryl methyl sites for hydroxylation is 1. The van der Waals surface area contributed by atoms with Crippen molar-refractivity contribution in [2.75, 3.05) is 0 Å². The Bertz CT molecular complexity index is 574. The number of hydrogen-bond donors (Lipinski definition) is 0. The molecule has 1 fully saturated rings. The third-order valence-corrected chi connectivity index (χ3v) is 5.55. The van der Waals surface area contributed by atoms with Gasteiger partial charge in [-0.05, 0) is 48.6 Å². The summed E-state index contributed by atoms with van der Waals surface area (Å²) in [6.45, 7) is 7.69. The summed E-state index contributed by atoms with van der Waals surface area (Å²) >= 11 is 1.56. The smallest absolute Gasteiger partial charge is 0.318 e.